The van der Waals surface area contributed by atoms with Gasteiger partial charge in [0, 0.05) is 13.2 Å². The van der Waals surface area contributed by atoms with Crippen LogP contribution >= 0.6 is 0 Å². The predicted octanol–water partition coefficient (Wildman–Crippen LogP) is 1.78. The van der Waals surface area contributed by atoms with E-state index in [9.17, 15) is 26.7 Å². The molecule has 0 saturated carbocycles. The molecule has 1 atom stereocenters. The predicted molar refractivity (Wildman–Crippen MR) is 85.6 cm³/mol. The maximum Gasteiger partial charge on any atom is 0.439 e. The summed E-state index contributed by atoms with van der Waals surface area (Å²) in [6, 6.07) is 7.78. The van der Waals surface area contributed by atoms with Crippen LogP contribution in [0, 0.1) is 6.92 Å². The van der Waals surface area contributed by atoms with Crippen LogP contribution < -0.4 is 0 Å². The molecule has 7 nitrogen and oxygen atoms in total. The Morgan fingerprint density at radius 1 is 1.23 bits per heavy atom. The van der Waals surface area contributed by atoms with Crippen LogP contribution in [0.25, 0.3) is 0 Å². The number of benzene rings is 1. The minimum Gasteiger partial charge on any atom is -0.361 e. The molecule has 0 saturated heterocycles. The smallest absolute Gasteiger partial charge is 0.361 e. The number of hydrogen-bond acceptors (Lipinski definition) is 5. The number of nitrogens with zero attached hydrogens (tertiary/aromatic N) is 4. The highest BCUT2D eigenvalue weighted by Gasteiger charge is 2.65. The number of sulfonamides is 1. The molecular weight excluding hydrogens is 373 g/mol. The Kier molecular flexibility index (Phi) is 4.11. The molecule has 0 bridgehead atoms. The Labute approximate surface area is 147 Å². The average molecular weight is 388 g/mol. The molecule has 3 rings (SSSR count). The standard InChI is InChI=1S/C15H15F3N4O3S/c1-10-13(9-21(2)19-10)26(24,25)22-14(23,15(16,17)18)8-12(20-22)11-6-4-3-5-7-11/h3-7,9,23H,8H2,1-2H3. The number of aromatic nitrogens is 2. The number of halogens is 3. The first-order valence-corrected chi connectivity index (χ1v) is 8.88. The Balaban J connectivity index is 2.17. The van der Waals surface area contributed by atoms with Crippen molar-refractivity contribution in [2.24, 2.45) is 12.1 Å². The summed E-state index contributed by atoms with van der Waals surface area (Å²) in [7, 11) is -3.35. The van der Waals surface area contributed by atoms with Crippen molar-refractivity contribution in [1.29, 1.82) is 0 Å². The summed E-state index contributed by atoms with van der Waals surface area (Å²) in [5.74, 6) is 0. The molecule has 26 heavy (non-hydrogen) atoms. The van der Waals surface area contributed by atoms with Crippen molar-refractivity contribution in [3.05, 3.63) is 47.8 Å². The third-order valence-electron chi connectivity index (χ3n) is 3.98. The Bertz CT molecular complexity index is 970. The summed E-state index contributed by atoms with van der Waals surface area (Å²) < 4.78 is 67.3. The second kappa shape index (κ2) is 5.81. The molecule has 0 spiro atoms. The molecule has 1 aromatic heterocycles. The van der Waals surface area contributed by atoms with Gasteiger partial charge >= 0.3 is 6.18 Å². The molecule has 11 heteroatoms. The van der Waals surface area contributed by atoms with E-state index in [0.717, 1.165) is 10.9 Å². The van der Waals surface area contributed by atoms with Crippen LogP contribution in [-0.4, -0.2) is 45.3 Å². The van der Waals surface area contributed by atoms with Gasteiger partial charge in [0.2, 0.25) is 0 Å². The van der Waals surface area contributed by atoms with Crippen molar-refractivity contribution in [3.63, 3.8) is 0 Å². The summed E-state index contributed by atoms with van der Waals surface area (Å²) in [5.41, 5.74) is -3.58. The number of aryl methyl sites for hydroxylation is 2. The molecule has 1 N–H and O–H groups in total. The first-order chi connectivity index (χ1) is 12.0. The Morgan fingerprint density at radius 3 is 2.35 bits per heavy atom. The third kappa shape index (κ3) is 2.76. The van der Waals surface area contributed by atoms with Gasteiger partial charge in [0.25, 0.3) is 15.7 Å². The number of hydrogen-bond donors (Lipinski definition) is 1. The lowest BCUT2D eigenvalue weighted by Crippen LogP contribution is -2.56. The van der Waals surface area contributed by atoms with E-state index in [2.05, 4.69) is 10.2 Å². The molecule has 0 amide bonds. The summed E-state index contributed by atoms with van der Waals surface area (Å²) in [4.78, 5) is -0.458. The van der Waals surface area contributed by atoms with Crippen molar-refractivity contribution < 1.29 is 26.7 Å². The fourth-order valence-electron chi connectivity index (χ4n) is 2.70. The first kappa shape index (κ1) is 18.4. The van der Waals surface area contributed by atoms with Crippen molar-refractivity contribution in [2.45, 2.75) is 30.1 Å². The van der Waals surface area contributed by atoms with Gasteiger partial charge in [-0.3, -0.25) is 4.68 Å². The van der Waals surface area contributed by atoms with Gasteiger partial charge < -0.3 is 5.11 Å². The van der Waals surface area contributed by atoms with E-state index in [1.807, 2.05) is 0 Å². The van der Waals surface area contributed by atoms with E-state index in [1.54, 1.807) is 18.2 Å². The van der Waals surface area contributed by atoms with Gasteiger partial charge in [-0.1, -0.05) is 30.3 Å². The molecule has 1 unspecified atom stereocenters. The lowest BCUT2D eigenvalue weighted by Gasteiger charge is -2.32. The van der Waals surface area contributed by atoms with Crippen LogP contribution in [0.3, 0.4) is 0 Å². The minimum atomic E-state index is -5.25. The Hall–Kier alpha value is -2.40. The molecule has 0 aliphatic carbocycles. The van der Waals surface area contributed by atoms with Gasteiger partial charge in [-0.05, 0) is 12.5 Å². The minimum absolute atomic E-state index is 0.000357. The van der Waals surface area contributed by atoms with Crippen molar-refractivity contribution in [2.75, 3.05) is 0 Å². The van der Waals surface area contributed by atoms with Gasteiger partial charge in [-0.25, -0.2) is 0 Å². The second-order valence-corrected chi connectivity index (χ2v) is 7.64. The molecule has 0 radical (unpaired) electrons. The van der Waals surface area contributed by atoms with E-state index in [4.69, 9.17) is 0 Å². The lowest BCUT2D eigenvalue weighted by atomic mass is 10.0. The maximum absolute atomic E-state index is 13.6. The molecule has 1 aliphatic rings. The SMILES string of the molecule is Cc1nn(C)cc1S(=O)(=O)N1N=C(c2ccccc2)CC1(O)C(F)(F)F. The zero-order chi connectivity index (χ0) is 19.3. The summed E-state index contributed by atoms with van der Waals surface area (Å²) in [5, 5.41) is 17.8. The lowest BCUT2D eigenvalue weighted by molar-refractivity contribution is -0.291. The van der Waals surface area contributed by atoms with Gasteiger partial charge in [0.1, 0.15) is 4.90 Å². The zero-order valence-corrected chi connectivity index (χ0v) is 14.6. The second-order valence-electron chi connectivity index (χ2n) is 5.90. The van der Waals surface area contributed by atoms with Crippen LogP contribution in [0.2, 0.25) is 0 Å². The van der Waals surface area contributed by atoms with Gasteiger partial charge in [0.15, 0.2) is 0 Å². The van der Waals surface area contributed by atoms with Gasteiger partial charge in [-0.2, -0.15) is 31.8 Å². The number of rotatable bonds is 3. The topological polar surface area (TPSA) is 87.8 Å². The summed E-state index contributed by atoms with van der Waals surface area (Å²) >= 11 is 0. The fourth-order valence-corrected chi connectivity index (χ4v) is 4.36. The number of hydrazone groups is 1. The molecule has 2 heterocycles. The highest BCUT2D eigenvalue weighted by molar-refractivity contribution is 7.89. The van der Waals surface area contributed by atoms with E-state index in [1.165, 1.54) is 26.1 Å². The van der Waals surface area contributed by atoms with Crippen molar-refractivity contribution in [1.82, 2.24) is 14.2 Å². The molecule has 0 fully saturated rings. The Morgan fingerprint density at radius 2 is 1.85 bits per heavy atom. The van der Waals surface area contributed by atoms with E-state index < -0.39 is 33.2 Å². The highest BCUT2D eigenvalue weighted by Crippen LogP contribution is 2.44. The van der Waals surface area contributed by atoms with Crippen LogP contribution in [0.15, 0.2) is 46.5 Å². The quantitative estimate of drug-likeness (QED) is 0.868. The van der Waals surface area contributed by atoms with Gasteiger partial charge in [0.05, 0.1) is 17.8 Å². The van der Waals surface area contributed by atoms with Gasteiger partial charge in [-0.15, -0.1) is 4.41 Å². The first-order valence-electron chi connectivity index (χ1n) is 7.44. The number of alkyl halides is 3. The summed E-state index contributed by atoms with van der Waals surface area (Å²) in [6.45, 7) is 1.34. The third-order valence-corrected chi connectivity index (χ3v) is 5.77. The largest absolute Gasteiger partial charge is 0.439 e. The molecule has 2 aromatic rings. The average Bonchev–Trinajstić information content (AvgIpc) is 3.09. The van der Waals surface area contributed by atoms with Crippen LogP contribution in [0.4, 0.5) is 13.2 Å². The van der Waals surface area contributed by atoms with Crippen LogP contribution in [0.1, 0.15) is 17.7 Å². The number of aliphatic hydroxyl groups is 1. The maximum atomic E-state index is 13.6. The molecule has 1 aliphatic heterocycles. The summed E-state index contributed by atoms with van der Waals surface area (Å²) in [6.07, 6.45) is -5.20. The zero-order valence-electron chi connectivity index (χ0n) is 13.8. The molecule has 140 valence electrons. The van der Waals surface area contributed by atoms with Crippen LogP contribution in [-0.2, 0) is 17.1 Å². The van der Waals surface area contributed by atoms with Crippen molar-refractivity contribution >= 4 is 15.7 Å². The highest BCUT2D eigenvalue weighted by atomic mass is 32.2. The monoisotopic (exact) mass is 388 g/mol. The normalized spacial score (nSPS) is 21.2. The molecule has 1 aromatic carbocycles. The fraction of sp³-hybridized carbons (Fsp3) is 0.333. The van der Waals surface area contributed by atoms with Crippen LogP contribution in [0.5, 0.6) is 0 Å². The van der Waals surface area contributed by atoms with Crippen molar-refractivity contribution in [3.8, 4) is 0 Å². The van der Waals surface area contributed by atoms with E-state index in [-0.39, 0.29) is 21.4 Å². The molecular formula is C15H15F3N4O3S. The van der Waals surface area contributed by atoms with E-state index >= 15 is 0 Å². The van der Waals surface area contributed by atoms with E-state index in [0.29, 0.717) is 0 Å².